The molecule has 0 radical (unpaired) electrons. The van der Waals surface area contributed by atoms with Crippen molar-refractivity contribution >= 4 is 34.8 Å². The smallest absolute Gasteiger partial charge is 0.280 e. The Hall–Kier alpha value is -3.05. The highest BCUT2D eigenvalue weighted by atomic mass is 32.2. The molecule has 0 aromatic heterocycles. The molecular weight excluding hydrogens is 402 g/mol. The molecule has 2 heterocycles. The van der Waals surface area contributed by atoms with Crippen molar-refractivity contribution in [3.05, 3.63) is 88.5 Å². The molecule has 31 heavy (non-hydrogen) atoms. The minimum Gasteiger partial charge on any atom is -0.335 e. The average molecular weight is 428 g/mol. The number of hydrogen-bond donors (Lipinski definition) is 0. The fourth-order valence-corrected chi connectivity index (χ4v) is 5.63. The van der Waals surface area contributed by atoms with Crippen molar-refractivity contribution in [2.75, 3.05) is 16.5 Å². The molecule has 0 fully saturated rings. The van der Waals surface area contributed by atoms with Crippen LogP contribution in [-0.2, 0) is 4.79 Å². The molecule has 0 N–H and O–H groups in total. The van der Waals surface area contributed by atoms with Gasteiger partial charge in [-0.2, -0.15) is 10.1 Å². The van der Waals surface area contributed by atoms with Crippen molar-refractivity contribution in [3.63, 3.8) is 0 Å². The van der Waals surface area contributed by atoms with Gasteiger partial charge in [-0.3, -0.25) is 4.79 Å². The summed E-state index contributed by atoms with van der Waals surface area (Å²) in [5, 5.41) is 7.35. The lowest BCUT2D eigenvalue weighted by molar-refractivity contribution is -0.114. The van der Waals surface area contributed by atoms with Gasteiger partial charge in [-0.05, 0) is 74.6 Å². The van der Waals surface area contributed by atoms with Crippen molar-refractivity contribution in [1.29, 1.82) is 0 Å². The summed E-state index contributed by atoms with van der Waals surface area (Å²) < 4.78 is 0. The molecule has 0 atom stereocenters. The number of fused-ring (bicyclic) bond motifs is 1. The van der Waals surface area contributed by atoms with E-state index in [1.54, 1.807) is 0 Å². The van der Waals surface area contributed by atoms with Gasteiger partial charge < -0.3 is 4.90 Å². The van der Waals surface area contributed by atoms with Crippen molar-refractivity contribution in [3.8, 4) is 0 Å². The van der Waals surface area contributed by atoms with Gasteiger partial charge in [0.15, 0.2) is 0 Å². The first kappa shape index (κ1) is 19.9. The maximum atomic E-state index is 13.2. The van der Waals surface area contributed by atoms with E-state index in [9.17, 15) is 4.79 Å². The van der Waals surface area contributed by atoms with Crippen LogP contribution in [-0.4, -0.2) is 18.2 Å². The lowest BCUT2D eigenvalue weighted by atomic mass is 9.90. The molecular formula is C26H25N3OS. The van der Waals surface area contributed by atoms with Gasteiger partial charge in [0.1, 0.15) is 0 Å². The van der Waals surface area contributed by atoms with E-state index < -0.39 is 0 Å². The molecule has 2 aliphatic heterocycles. The van der Waals surface area contributed by atoms with Crippen LogP contribution in [0.4, 0.5) is 11.4 Å². The summed E-state index contributed by atoms with van der Waals surface area (Å²) in [4.78, 5) is 16.9. The standard InChI is InChI=1S/C26H25N3OS/c1-3-28-22-14-7-8-15-23(22)31-24(28)17-19-10-9-11-20(16-19)25-18(2)27-29(26(25)30)21-12-5-4-6-13-21/h4-8,12-17H,3,9-11H2,1-2H3/b24-17-,25-20+. The number of hydrogen-bond acceptors (Lipinski definition) is 4. The normalized spacial score (nSPS) is 22.1. The molecule has 2 aromatic rings. The summed E-state index contributed by atoms with van der Waals surface area (Å²) in [6.07, 6.45) is 7.50. The summed E-state index contributed by atoms with van der Waals surface area (Å²) in [5.74, 6) is -0.0262. The van der Waals surface area contributed by atoms with Crippen molar-refractivity contribution < 1.29 is 4.79 Å². The number of anilines is 2. The Morgan fingerprint density at radius 2 is 1.84 bits per heavy atom. The first-order valence-corrected chi connectivity index (χ1v) is 11.6. The molecule has 0 saturated heterocycles. The predicted octanol–water partition coefficient (Wildman–Crippen LogP) is 6.29. The maximum absolute atomic E-state index is 13.2. The number of rotatable bonds is 3. The van der Waals surface area contributed by atoms with Gasteiger partial charge in [0, 0.05) is 11.4 Å². The predicted molar refractivity (Wildman–Crippen MR) is 129 cm³/mol. The van der Waals surface area contributed by atoms with E-state index in [0.29, 0.717) is 0 Å². The first-order chi connectivity index (χ1) is 15.2. The average Bonchev–Trinajstić information content (AvgIpc) is 3.30. The fraction of sp³-hybridized carbons (Fsp3) is 0.231. The third-order valence-corrected chi connectivity index (χ3v) is 6.99. The van der Waals surface area contributed by atoms with Gasteiger partial charge in [-0.25, -0.2) is 0 Å². The number of amides is 1. The van der Waals surface area contributed by atoms with E-state index in [1.165, 1.54) is 26.2 Å². The van der Waals surface area contributed by atoms with Gasteiger partial charge in [-0.1, -0.05) is 48.2 Å². The van der Waals surface area contributed by atoms with Crippen molar-refractivity contribution in [2.45, 2.75) is 38.0 Å². The van der Waals surface area contributed by atoms with Crippen LogP contribution in [0.3, 0.4) is 0 Å². The van der Waals surface area contributed by atoms with E-state index in [-0.39, 0.29) is 5.91 Å². The molecule has 156 valence electrons. The number of nitrogens with zero attached hydrogens (tertiary/aromatic N) is 3. The van der Waals surface area contributed by atoms with Gasteiger partial charge >= 0.3 is 0 Å². The summed E-state index contributed by atoms with van der Waals surface area (Å²) in [7, 11) is 0. The van der Waals surface area contributed by atoms with E-state index >= 15 is 0 Å². The molecule has 5 heteroatoms. The molecule has 0 spiro atoms. The Balaban J connectivity index is 1.47. The molecule has 0 unspecified atom stereocenters. The number of benzene rings is 2. The highest BCUT2D eigenvalue weighted by molar-refractivity contribution is 8.03. The Morgan fingerprint density at radius 1 is 1.06 bits per heavy atom. The van der Waals surface area contributed by atoms with Gasteiger partial charge in [0.2, 0.25) is 0 Å². The topological polar surface area (TPSA) is 35.9 Å². The van der Waals surface area contributed by atoms with Crippen LogP contribution in [0.25, 0.3) is 0 Å². The Kier molecular flexibility index (Phi) is 5.28. The number of carbonyl (C=O) groups excluding carboxylic acids is 1. The molecule has 5 rings (SSSR count). The summed E-state index contributed by atoms with van der Waals surface area (Å²) >= 11 is 1.83. The maximum Gasteiger partial charge on any atom is 0.280 e. The second kappa shape index (κ2) is 8.23. The minimum absolute atomic E-state index is 0.0262. The van der Waals surface area contributed by atoms with Crippen LogP contribution in [0.15, 0.2) is 98.5 Å². The zero-order chi connectivity index (χ0) is 21.4. The van der Waals surface area contributed by atoms with Gasteiger partial charge in [0.05, 0.1) is 27.7 Å². The largest absolute Gasteiger partial charge is 0.335 e. The molecule has 3 aliphatic rings. The van der Waals surface area contributed by atoms with Crippen LogP contribution >= 0.6 is 11.8 Å². The second-order valence-corrected chi connectivity index (χ2v) is 8.97. The van der Waals surface area contributed by atoms with Crippen LogP contribution in [0.1, 0.15) is 33.1 Å². The molecule has 2 aromatic carbocycles. The van der Waals surface area contributed by atoms with E-state index in [0.717, 1.165) is 48.4 Å². The molecule has 1 aliphatic carbocycles. The van der Waals surface area contributed by atoms with Crippen LogP contribution in [0.5, 0.6) is 0 Å². The number of allylic oxidation sites excluding steroid dienone is 4. The molecule has 0 bridgehead atoms. The SMILES string of the molecule is CCN1/C(=C/C2=CC(=C3/C(=O)N(c4ccccc4)N=C3C)/CCC2)Sc2ccccc21. The minimum atomic E-state index is -0.0262. The second-order valence-electron chi connectivity index (χ2n) is 7.91. The van der Waals surface area contributed by atoms with E-state index in [1.807, 2.05) is 49.0 Å². The molecule has 1 amide bonds. The summed E-state index contributed by atoms with van der Waals surface area (Å²) in [6, 6.07) is 18.2. The number of hydrazone groups is 1. The van der Waals surface area contributed by atoms with Crippen molar-refractivity contribution in [1.82, 2.24) is 0 Å². The summed E-state index contributed by atoms with van der Waals surface area (Å²) in [6.45, 7) is 5.06. The zero-order valence-corrected chi connectivity index (χ0v) is 18.7. The van der Waals surface area contributed by atoms with Crippen LogP contribution in [0.2, 0.25) is 0 Å². The quantitative estimate of drug-likeness (QED) is 0.540. The number of para-hydroxylation sites is 2. The Morgan fingerprint density at radius 3 is 2.65 bits per heavy atom. The summed E-state index contributed by atoms with van der Waals surface area (Å²) in [5.41, 5.74) is 6.03. The lowest BCUT2D eigenvalue weighted by Crippen LogP contribution is -2.22. The number of thioether (sulfide) groups is 1. The Labute approximate surface area is 187 Å². The van der Waals surface area contributed by atoms with Crippen molar-refractivity contribution in [2.24, 2.45) is 5.10 Å². The third kappa shape index (κ3) is 3.63. The monoisotopic (exact) mass is 427 g/mol. The highest BCUT2D eigenvalue weighted by Crippen LogP contribution is 2.46. The van der Waals surface area contributed by atoms with E-state index in [2.05, 4.69) is 53.3 Å². The number of carbonyl (C=O) groups is 1. The fourth-order valence-electron chi connectivity index (χ4n) is 4.43. The Bertz CT molecular complexity index is 1160. The first-order valence-electron chi connectivity index (χ1n) is 10.8. The highest BCUT2D eigenvalue weighted by Gasteiger charge is 2.31. The van der Waals surface area contributed by atoms with Gasteiger partial charge in [0.25, 0.3) is 5.91 Å². The molecule has 0 saturated carbocycles. The van der Waals surface area contributed by atoms with Gasteiger partial charge in [-0.15, -0.1) is 0 Å². The van der Waals surface area contributed by atoms with E-state index in [4.69, 9.17) is 0 Å². The zero-order valence-electron chi connectivity index (χ0n) is 17.8. The lowest BCUT2D eigenvalue weighted by Gasteiger charge is -2.20. The molecule has 4 nitrogen and oxygen atoms in total. The van der Waals surface area contributed by atoms with Crippen LogP contribution in [0, 0.1) is 0 Å². The third-order valence-electron chi connectivity index (χ3n) is 5.87. The van der Waals surface area contributed by atoms with Crippen LogP contribution < -0.4 is 9.91 Å².